The minimum Gasteiger partial charge on any atom is -0.486 e. The summed E-state index contributed by atoms with van der Waals surface area (Å²) in [6.45, 7) is 0.385. The molecule has 0 aliphatic heterocycles. The third-order valence-corrected chi connectivity index (χ3v) is 7.57. The first-order chi connectivity index (χ1) is 15.3. The van der Waals surface area contributed by atoms with Gasteiger partial charge >= 0.3 is 0 Å². The van der Waals surface area contributed by atoms with Gasteiger partial charge in [-0.25, -0.2) is 14.5 Å². The van der Waals surface area contributed by atoms with Gasteiger partial charge in [0.15, 0.2) is 11.4 Å². The van der Waals surface area contributed by atoms with Crippen molar-refractivity contribution in [2.45, 2.75) is 45.1 Å². The molecule has 1 aromatic carbocycles. The fourth-order valence-electron chi connectivity index (χ4n) is 4.87. The molecule has 0 radical (unpaired) electrons. The number of furan rings is 1. The first kappa shape index (κ1) is 17.5. The molecule has 6 nitrogen and oxygen atoms in total. The molecule has 0 saturated carbocycles. The second-order valence-electron chi connectivity index (χ2n) is 8.32. The van der Waals surface area contributed by atoms with Gasteiger partial charge in [-0.15, -0.1) is 16.4 Å². The standard InChI is InChI=1S/C24H20N4O2S/c1-3-14-7-8-16(11-15(14)4-1)29-12-17-9-10-19(30-17)22-26-23-21-18-5-2-6-20(18)31-24(21)25-13-28(23)27-22/h7-11,13H,1-6,12H2. The molecule has 0 atom stereocenters. The fourth-order valence-corrected chi connectivity index (χ4v) is 6.09. The second kappa shape index (κ2) is 6.65. The Balaban J connectivity index is 1.17. The van der Waals surface area contributed by atoms with E-state index in [2.05, 4.69) is 28.3 Å². The Kier molecular flexibility index (Phi) is 3.75. The van der Waals surface area contributed by atoms with Gasteiger partial charge in [0.05, 0.1) is 5.39 Å². The van der Waals surface area contributed by atoms with Crippen LogP contribution >= 0.6 is 11.3 Å². The number of thiophene rings is 1. The monoisotopic (exact) mass is 428 g/mol. The fraction of sp³-hybridized carbons (Fsp3) is 0.292. The van der Waals surface area contributed by atoms with E-state index in [1.807, 2.05) is 12.1 Å². The van der Waals surface area contributed by atoms with E-state index in [0.29, 0.717) is 18.2 Å². The Morgan fingerprint density at radius 2 is 1.97 bits per heavy atom. The average molecular weight is 429 g/mol. The highest BCUT2D eigenvalue weighted by atomic mass is 32.1. The van der Waals surface area contributed by atoms with Crippen molar-refractivity contribution >= 4 is 27.2 Å². The zero-order valence-corrected chi connectivity index (χ0v) is 17.7. The summed E-state index contributed by atoms with van der Waals surface area (Å²) < 4.78 is 13.8. The normalized spacial score (nSPS) is 15.1. The topological polar surface area (TPSA) is 65.5 Å². The van der Waals surface area contributed by atoms with Gasteiger partial charge in [-0.3, -0.25) is 0 Å². The zero-order chi connectivity index (χ0) is 20.4. The Morgan fingerprint density at radius 3 is 2.97 bits per heavy atom. The van der Waals surface area contributed by atoms with Gasteiger partial charge in [-0.2, -0.15) is 0 Å². The van der Waals surface area contributed by atoms with Crippen LogP contribution in [0.4, 0.5) is 0 Å². The number of rotatable bonds is 4. The van der Waals surface area contributed by atoms with Crippen molar-refractivity contribution in [1.82, 2.24) is 19.6 Å². The number of aryl methyl sites for hydroxylation is 4. The molecular weight excluding hydrogens is 408 g/mol. The summed E-state index contributed by atoms with van der Waals surface area (Å²) in [6, 6.07) is 10.2. The highest BCUT2D eigenvalue weighted by molar-refractivity contribution is 7.19. The first-order valence-corrected chi connectivity index (χ1v) is 11.6. The van der Waals surface area contributed by atoms with Crippen LogP contribution in [0.3, 0.4) is 0 Å². The Hall–Kier alpha value is -3.19. The zero-order valence-electron chi connectivity index (χ0n) is 16.9. The number of hydrogen-bond acceptors (Lipinski definition) is 6. The molecule has 0 fully saturated rings. The minimum atomic E-state index is 0.385. The number of ether oxygens (including phenoxy) is 1. The molecule has 0 spiro atoms. The molecule has 0 amide bonds. The average Bonchev–Trinajstić information content (AvgIpc) is 3.58. The van der Waals surface area contributed by atoms with Crippen LogP contribution in [0.25, 0.3) is 27.4 Å². The number of benzene rings is 1. The predicted octanol–water partition coefficient (Wildman–Crippen LogP) is 5.16. The van der Waals surface area contributed by atoms with Gasteiger partial charge in [0.2, 0.25) is 5.82 Å². The third kappa shape index (κ3) is 2.80. The molecule has 0 unspecified atom stereocenters. The summed E-state index contributed by atoms with van der Waals surface area (Å²) in [5.74, 6) is 2.88. The van der Waals surface area contributed by atoms with Crippen molar-refractivity contribution in [2.24, 2.45) is 0 Å². The van der Waals surface area contributed by atoms with Crippen molar-refractivity contribution in [1.29, 1.82) is 0 Å². The third-order valence-electron chi connectivity index (χ3n) is 6.38. The van der Waals surface area contributed by atoms with Crippen LogP contribution in [-0.2, 0) is 32.3 Å². The molecule has 5 aromatic rings. The molecule has 2 aliphatic rings. The maximum Gasteiger partial charge on any atom is 0.217 e. The van der Waals surface area contributed by atoms with Gasteiger partial charge in [0.25, 0.3) is 0 Å². The summed E-state index contributed by atoms with van der Waals surface area (Å²) in [7, 11) is 0. The lowest BCUT2D eigenvalue weighted by atomic mass is 10.1. The molecular formula is C24H20N4O2S. The van der Waals surface area contributed by atoms with Crippen molar-refractivity contribution in [3.05, 3.63) is 64.0 Å². The van der Waals surface area contributed by atoms with Crippen LogP contribution in [0.1, 0.15) is 40.2 Å². The summed E-state index contributed by atoms with van der Waals surface area (Å²) in [4.78, 5) is 11.9. The quantitative estimate of drug-likeness (QED) is 0.396. The van der Waals surface area contributed by atoms with E-state index in [4.69, 9.17) is 14.1 Å². The van der Waals surface area contributed by atoms with Crippen LogP contribution in [-0.4, -0.2) is 19.6 Å². The van der Waals surface area contributed by atoms with Gasteiger partial charge in [-0.05, 0) is 79.5 Å². The highest BCUT2D eigenvalue weighted by Gasteiger charge is 2.22. The Bertz CT molecular complexity index is 1460. The van der Waals surface area contributed by atoms with E-state index in [1.165, 1.54) is 40.8 Å². The summed E-state index contributed by atoms with van der Waals surface area (Å²) in [5, 5.41) is 5.78. The van der Waals surface area contributed by atoms with E-state index in [0.717, 1.165) is 46.6 Å². The number of aromatic nitrogens is 4. The van der Waals surface area contributed by atoms with E-state index >= 15 is 0 Å². The second-order valence-corrected chi connectivity index (χ2v) is 9.41. The van der Waals surface area contributed by atoms with Crippen LogP contribution in [0.15, 0.2) is 41.1 Å². The number of nitrogens with zero attached hydrogens (tertiary/aromatic N) is 4. The number of fused-ring (bicyclic) bond motifs is 6. The largest absolute Gasteiger partial charge is 0.486 e. The maximum atomic E-state index is 6.02. The van der Waals surface area contributed by atoms with Crippen molar-refractivity contribution in [2.75, 3.05) is 0 Å². The van der Waals surface area contributed by atoms with E-state index in [-0.39, 0.29) is 0 Å². The van der Waals surface area contributed by atoms with Crippen LogP contribution < -0.4 is 4.74 Å². The predicted molar refractivity (Wildman–Crippen MR) is 119 cm³/mol. The lowest BCUT2D eigenvalue weighted by Crippen LogP contribution is -1.94. The molecule has 7 rings (SSSR count). The lowest BCUT2D eigenvalue weighted by molar-refractivity contribution is 0.271. The van der Waals surface area contributed by atoms with Gasteiger partial charge in [-0.1, -0.05) is 6.07 Å². The first-order valence-electron chi connectivity index (χ1n) is 10.8. The SMILES string of the molecule is c1cc2c(cc1OCc1ccc(-c3nc4c5c6c(sc5ncn4n3)CCC6)o1)CCC2. The molecule has 2 aliphatic carbocycles. The van der Waals surface area contributed by atoms with E-state index in [1.54, 1.807) is 22.2 Å². The molecule has 4 aromatic heterocycles. The van der Waals surface area contributed by atoms with E-state index < -0.39 is 0 Å². The summed E-state index contributed by atoms with van der Waals surface area (Å²) in [5.41, 5.74) is 5.13. The van der Waals surface area contributed by atoms with Gasteiger partial charge in [0, 0.05) is 4.88 Å². The van der Waals surface area contributed by atoms with Crippen molar-refractivity contribution < 1.29 is 9.15 Å². The highest BCUT2D eigenvalue weighted by Crippen LogP contribution is 2.38. The van der Waals surface area contributed by atoms with Gasteiger partial charge < -0.3 is 9.15 Å². The summed E-state index contributed by atoms with van der Waals surface area (Å²) in [6.07, 6.45) is 8.78. The Morgan fingerprint density at radius 1 is 1.03 bits per heavy atom. The van der Waals surface area contributed by atoms with E-state index in [9.17, 15) is 0 Å². The van der Waals surface area contributed by atoms with Gasteiger partial charge in [0.1, 0.15) is 29.3 Å². The number of hydrogen-bond donors (Lipinski definition) is 0. The molecule has 31 heavy (non-hydrogen) atoms. The molecule has 7 heteroatoms. The van der Waals surface area contributed by atoms with Crippen LogP contribution in [0, 0.1) is 0 Å². The molecule has 0 bridgehead atoms. The maximum absolute atomic E-state index is 6.02. The van der Waals surface area contributed by atoms with Crippen LogP contribution in [0.5, 0.6) is 5.75 Å². The molecule has 0 N–H and O–H groups in total. The lowest BCUT2D eigenvalue weighted by Gasteiger charge is -2.06. The summed E-state index contributed by atoms with van der Waals surface area (Å²) >= 11 is 1.79. The minimum absolute atomic E-state index is 0.385. The van der Waals surface area contributed by atoms with Crippen LogP contribution in [0.2, 0.25) is 0 Å². The smallest absolute Gasteiger partial charge is 0.217 e. The van der Waals surface area contributed by atoms with Crippen molar-refractivity contribution in [3.63, 3.8) is 0 Å². The molecule has 0 saturated heterocycles. The molecule has 4 heterocycles. The van der Waals surface area contributed by atoms with Crippen molar-refractivity contribution in [3.8, 4) is 17.3 Å². The Labute approximate surface area is 182 Å². The molecule has 154 valence electrons.